The SMILES string of the molecule is O=C(NC1CCC(CO)CC1)C1(Cc2ccccc2)CCC1. The summed E-state index contributed by atoms with van der Waals surface area (Å²) in [6, 6.07) is 10.7. The van der Waals surface area contributed by atoms with Crippen LogP contribution >= 0.6 is 0 Å². The van der Waals surface area contributed by atoms with Gasteiger partial charge in [0.25, 0.3) is 0 Å². The summed E-state index contributed by atoms with van der Waals surface area (Å²) in [7, 11) is 0. The molecule has 120 valence electrons. The Labute approximate surface area is 133 Å². The lowest BCUT2D eigenvalue weighted by atomic mass is 9.64. The van der Waals surface area contributed by atoms with Crippen molar-refractivity contribution in [3.05, 3.63) is 35.9 Å². The number of nitrogens with one attached hydrogen (secondary N) is 1. The molecule has 2 N–H and O–H groups in total. The molecule has 22 heavy (non-hydrogen) atoms. The van der Waals surface area contributed by atoms with Gasteiger partial charge in [0.15, 0.2) is 0 Å². The summed E-state index contributed by atoms with van der Waals surface area (Å²) < 4.78 is 0. The largest absolute Gasteiger partial charge is 0.396 e. The van der Waals surface area contributed by atoms with Crippen LogP contribution in [0.25, 0.3) is 0 Å². The normalized spacial score (nSPS) is 27.0. The van der Waals surface area contributed by atoms with Gasteiger partial charge in [-0.2, -0.15) is 0 Å². The van der Waals surface area contributed by atoms with Crippen LogP contribution in [-0.4, -0.2) is 23.7 Å². The molecule has 0 aromatic heterocycles. The van der Waals surface area contributed by atoms with Crippen molar-refractivity contribution in [1.82, 2.24) is 5.32 Å². The lowest BCUT2D eigenvalue weighted by Gasteiger charge is -2.42. The molecule has 2 aliphatic carbocycles. The second-order valence-corrected chi connectivity index (χ2v) is 7.17. The molecular formula is C19H27NO2. The van der Waals surface area contributed by atoms with Crippen LogP contribution in [0.15, 0.2) is 30.3 Å². The first-order valence-electron chi connectivity index (χ1n) is 8.68. The molecule has 1 aromatic carbocycles. The molecule has 0 bridgehead atoms. The van der Waals surface area contributed by atoms with Crippen LogP contribution in [0.5, 0.6) is 0 Å². The average molecular weight is 301 g/mol. The summed E-state index contributed by atoms with van der Waals surface area (Å²) in [5.41, 5.74) is 1.09. The maximum absolute atomic E-state index is 12.8. The van der Waals surface area contributed by atoms with E-state index in [9.17, 15) is 9.90 Å². The molecule has 2 saturated carbocycles. The molecule has 2 aliphatic rings. The fourth-order valence-corrected chi connectivity index (χ4v) is 3.90. The molecule has 1 aromatic rings. The molecule has 0 spiro atoms. The molecule has 2 fully saturated rings. The summed E-state index contributed by atoms with van der Waals surface area (Å²) in [5.74, 6) is 0.699. The van der Waals surface area contributed by atoms with E-state index in [1.54, 1.807) is 0 Å². The molecule has 3 rings (SSSR count). The highest BCUT2D eigenvalue weighted by atomic mass is 16.3. The van der Waals surface area contributed by atoms with E-state index in [0.717, 1.165) is 51.4 Å². The third kappa shape index (κ3) is 3.35. The van der Waals surface area contributed by atoms with Crippen molar-refractivity contribution < 1.29 is 9.90 Å². The molecule has 0 unspecified atom stereocenters. The van der Waals surface area contributed by atoms with Gasteiger partial charge in [-0.3, -0.25) is 4.79 Å². The summed E-state index contributed by atoms with van der Waals surface area (Å²) >= 11 is 0. The van der Waals surface area contributed by atoms with Gasteiger partial charge >= 0.3 is 0 Å². The minimum atomic E-state index is -0.171. The van der Waals surface area contributed by atoms with Gasteiger partial charge in [-0.25, -0.2) is 0 Å². The zero-order valence-corrected chi connectivity index (χ0v) is 13.3. The summed E-state index contributed by atoms with van der Waals surface area (Å²) in [5, 5.41) is 12.5. The Morgan fingerprint density at radius 2 is 1.82 bits per heavy atom. The maximum Gasteiger partial charge on any atom is 0.226 e. The molecule has 0 heterocycles. The van der Waals surface area contributed by atoms with Crippen LogP contribution in [0, 0.1) is 11.3 Å². The average Bonchev–Trinajstić information content (AvgIpc) is 2.52. The Morgan fingerprint density at radius 3 is 2.36 bits per heavy atom. The molecule has 3 heteroatoms. The first-order valence-corrected chi connectivity index (χ1v) is 8.68. The number of carbonyl (C=O) groups is 1. The van der Waals surface area contributed by atoms with Crippen LogP contribution < -0.4 is 5.32 Å². The Morgan fingerprint density at radius 1 is 1.14 bits per heavy atom. The number of carbonyl (C=O) groups excluding carboxylic acids is 1. The predicted octanol–water partition coefficient (Wildman–Crippen LogP) is 3.07. The van der Waals surface area contributed by atoms with E-state index < -0.39 is 0 Å². The van der Waals surface area contributed by atoms with Gasteiger partial charge < -0.3 is 10.4 Å². The van der Waals surface area contributed by atoms with E-state index in [1.807, 2.05) is 6.07 Å². The highest BCUT2D eigenvalue weighted by molar-refractivity contribution is 5.84. The number of hydrogen-bond donors (Lipinski definition) is 2. The van der Waals surface area contributed by atoms with Crippen LogP contribution in [0.3, 0.4) is 0 Å². The van der Waals surface area contributed by atoms with E-state index >= 15 is 0 Å². The highest BCUT2D eigenvalue weighted by Crippen LogP contribution is 2.44. The summed E-state index contributed by atoms with van der Waals surface area (Å²) in [6.07, 6.45) is 8.15. The molecule has 1 amide bonds. The number of amides is 1. The summed E-state index contributed by atoms with van der Waals surface area (Å²) in [4.78, 5) is 12.8. The van der Waals surface area contributed by atoms with E-state index in [2.05, 4.69) is 29.6 Å². The van der Waals surface area contributed by atoms with Crippen molar-refractivity contribution in [2.75, 3.05) is 6.61 Å². The first kappa shape index (κ1) is 15.5. The minimum Gasteiger partial charge on any atom is -0.396 e. The van der Waals surface area contributed by atoms with E-state index in [-0.39, 0.29) is 11.3 Å². The number of hydrogen-bond acceptors (Lipinski definition) is 2. The van der Waals surface area contributed by atoms with Gasteiger partial charge in [0, 0.05) is 12.6 Å². The third-order valence-electron chi connectivity index (χ3n) is 5.62. The fourth-order valence-electron chi connectivity index (χ4n) is 3.90. The molecule has 0 radical (unpaired) electrons. The van der Waals surface area contributed by atoms with Crippen molar-refractivity contribution in [1.29, 1.82) is 0 Å². The predicted molar refractivity (Wildman–Crippen MR) is 87.4 cm³/mol. The van der Waals surface area contributed by atoms with Gasteiger partial charge in [0.1, 0.15) is 0 Å². The fraction of sp³-hybridized carbons (Fsp3) is 0.632. The quantitative estimate of drug-likeness (QED) is 0.878. The zero-order valence-electron chi connectivity index (χ0n) is 13.3. The smallest absolute Gasteiger partial charge is 0.226 e. The monoisotopic (exact) mass is 301 g/mol. The van der Waals surface area contributed by atoms with E-state index in [4.69, 9.17) is 0 Å². The molecule has 0 atom stereocenters. The van der Waals surface area contributed by atoms with Crippen molar-refractivity contribution >= 4 is 5.91 Å². The third-order valence-corrected chi connectivity index (χ3v) is 5.62. The second kappa shape index (κ2) is 6.82. The van der Waals surface area contributed by atoms with Crippen molar-refractivity contribution in [3.8, 4) is 0 Å². The number of rotatable bonds is 5. The van der Waals surface area contributed by atoms with Crippen molar-refractivity contribution in [2.45, 2.75) is 57.4 Å². The first-order chi connectivity index (χ1) is 10.7. The van der Waals surface area contributed by atoms with Crippen LogP contribution in [0.1, 0.15) is 50.5 Å². The molecule has 0 aliphatic heterocycles. The Hall–Kier alpha value is -1.35. The maximum atomic E-state index is 12.8. The Balaban J connectivity index is 1.58. The summed E-state index contributed by atoms with van der Waals surface area (Å²) in [6.45, 7) is 0.290. The Bertz CT molecular complexity index is 487. The van der Waals surface area contributed by atoms with Crippen molar-refractivity contribution in [2.24, 2.45) is 11.3 Å². The standard InChI is InChI=1S/C19H27NO2/c21-14-16-7-9-17(10-8-16)20-18(22)19(11-4-12-19)13-15-5-2-1-3-6-15/h1-3,5-6,16-17,21H,4,7-14H2,(H,20,22). The van der Waals surface area contributed by atoms with Crippen LogP contribution in [-0.2, 0) is 11.2 Å². The van der Waals surface area contributed by atoms with Gasteiger partial charge in [0.2, 0.25) is 5.91 Å². The van der Waals surface area contributed by atoms with Gasteiger partial charge in [-0.1, -0.05) is 36.8 Å². The van der Waals surface area contributed by atoms with Crippen LogP contribution in [0.2, 0.25) is 0 Å². The number of aliphatic hydroxyl groups is 1. The number of aliphatic hydroxyl groups excluding tert-OH is 1. The van der Waals surface area contributed by atoms with Crippen LogP contribution in [0.4, 0.5) is 0 Å². The number of benzene rings is 1. The molecular weight excluding hydrogens is 274 g/mol. The van der Waals surface area contributed by atoms with E-state index in [1.165, 1.54) is 5.56 Å². The van der Waals surface area contributed by atoms with E-state index in [0.29, 0.717) is 18.6 Å². The zero-order chi connectivity index (χ0) is 15.4. The van der Waals surface area contributed by atoms with Crippen molar-refractivity contribution in [3.63, 3.8) is 0 Å². The van der Waals surface area contributed by atoms with Gasteiger partial charge in [0.05, 0.1) is 5.41 Å². The Kier molecular flexibility index (Phi) is 4.82. The molecule has 3 nitrogen and oxygen atoms in total. The lowest BCUT2D eigenvalue weighted by molar-refractivity contribution is -0.137. The van der Waals surface area contributed by atoms with Gasteiger partial charge in [-0.05, 0) is 56.4 Å². The minimum absolute atomic E-state index is 0.171. The highest BCUT2D eigenvalue weighted by Gasteiger charge is 2.44. The molecule has 0 saturated heterocycles. The topological polar surface area (TPSA) is 49.3 Å². The second-order valence-electron chi connectivity index (χ2n) is 7.17. The van der Waals surface area contributed by atoms with Gasteiger partial charge in [-0.15, -0.1) is 0 Å². The lowest BCUT2D eigenvalue weighted by Crippen LogP contribution is -2.51.